The smallest absolute Gasteiger partial charge is 0.311 e. The predicted octanol–water partition coefficient (Wildman–Crippen LogP) is 4.72. The minimum Gasteiger partial charge on any atom is -0.497 e. The molecule has 1 aromatic rings. The maximum absolute atomic E-state index is 12.5. The van der Waals surface area contributed by atoms with E-state index < -0.39 is 11.5 Å². The highest BCUT2D eigenvalue weighted by molar-refractivity contribution is 5.75. The first-order valence-electron chi connectivity index (χ1n) is 10.3. The van der Waals surface area contributed by atoms with Gasteiger partial charge in [0.05, 0.1) is 18.6 Å². The number of aliphatic hydroxyl groups is 1. The van der Waals surface area contributed by atoms with Crippen molar-refractivity contribution >= 4 is 5.97 Å². The molecule has 0 amide bonds. The highest BCUT2D eigenvalue weighted by Gasteiger charge is 2.57. The monoisotopic (exact) mass is 386 g/mol. The molecular weight excluding hydrogens is 352 g/mol. The van der Waals surface area contributed by atoms with Crippen molar-refractivity contribution in [3.8, 4) is 5.75 Å². The molecule has 2 fully saturated rings. The largest absolute Gasteiger partial charge is 0.497 e. The van der Waals surface area contributed by atoms with Gasteiger partial charge in [0.2, 0.25) is 0 Å². The van der Waals surface area contributed by atoms with Crippen molar-refractivity contribution in [2.45, 2.75) is 65.1 Å². The van der Waals surface area contributed by atoms with Crippen LogP contribution in [0.2, 0.25) is 0 Å². The average molecular weight is 387 g/mol. The Balaban J connectivity index is 1.87. The fourth-order valence-electron chi connectivity index (χ4n) is 5.31. The lowest BCUT2D eigenvalue weighted by molar-refractivity contribution is -0.169. The Bertz CT molecular complexity index is 717. The maximum atomic E-state index is 12.5. The second kappa shape index (κ2) is 7.55. The number of esters is 1. The van der Waals surface area contributed by atoms with E-state index in [1.165, 1.54) is 0 Å². The molecule has 154 valence electrons. The highest BCUT2D eigenvalue weighted by Crippen LogP contribution is 2.59. The van der Waals surface area contributed by atoms with Crippen molar-refractivity contribution in [2.75, 3.05) is 7.11 Å². The summed E-state index contributed by atoms with van der Waals surface area (Å²) in [6, 6.07) is 7.97. The second-order valence-electron chi connectivity index (χ2n) is 9.72. The molecule has 0 aromatic heterocycles. The normalized spacial score (nSPS) is 35.1. The van der Waals surface area contributed by atoms with Crippen molar-refractivity contribution in [1.29, 1.82) is 0 Å². The van der Waals surface area contributed by atoms with Crippen LogP contribution in [-0.2, 0) is 9.53 Å². The molecule has 2 aliphatic carbocycles. The molecule has 4 nitrogen and oxygen atoms in total. The molecule has 0 bridgehead atoms. The third kappa shape index (κ3) is 3.59. The number of benzene rings is 1. The Morgan fingerprint density at radius 1 is 1.25 bits per heavy atom. The van der Waals surface area contributed by atoms with E-state index in [1.54, 1.807) is 7.11 Å². The summed E-state index contributed by atoms with van der Waals surface area (Å²) >= 11 is 0. The van der Waals surface area contributed by atoms with Gasteiger partial charge in [-0.3, -0.25) is 4.79 Å². The number of fused-ring (bicyclic) bond motifs is 1. The first-order valence-corrected chi connectivity index (χ1v) is 10.3. The molecule has 0 heterocycles. The van der Waals surface area contributed by atoms with E-state index in [2.05, 4.69) is 13.5 Å². The summed E-state index contributed by atoms with van der Waals surface area (Å²) in [4.78, 5) is 12.5. The summed E-state index contributed by atoms with van der Waals surface area (Å²) in [7, 11) is 1.65. The van der Waals surface area contributed by atoms with Crippen LogP contribution in [0.3, 0.4) is 0 Å². The lowest BCUT2D eigenvalue weighted by Gasteiger charge is -2.50. The van der Waals surface area contributed by atoms with E-state index in [1.807, 2.05) is 51.1 Å². The third-order valence-electron chi connectivity index (χ3n) is 6.90. The Kier molecular flexibility index (Phi) is 5.64. The van der Waals surface area contributed by atoms with Gasteiger partial charge in [-0.05, 0) is 69.6 Å². The Morgan fingerprint density at radius 3 is 2.43 bits per heavy atom. The predicted molar refractivity (Wildman–Crippen MR) is 110 cm³/mol. The van der Waals surface area contributed by atoms with Gasteiger partial charge in [-0.2, -0.15) is 0 Å². The minimum atomic E-state index is -0.523. The van der Waals surface area contributed by atoms with Gasteiger partial charge in [-0.15, -0.1) is 6.58 Å². The zero-order chi connectivity index (χ0) is 20.7. The van der Waals surface area contributed by atoms with Gasteiger partial charge in [0.15, 0.2) is 0 Å². The zero-order valence-electron chi connectivity index (χ0n) is 17.8. The summed E-state index contributed by atoms with van der Waals surface area (Å²) in [6.45, 7) is 11.9. The van der Waals surface area contributed by atoms with E-state index >= 15 is 0 Å². The Labute approximate surface area is 168 Å². The van der Waals surface area contributed by atoms with Crippen LogP contribution in [0, 0.1) is 22.7 Å². The van der Waals surface area contributed by atoms with Gasteiger partial charge in [-0.1, -0.05) is 25.1 Å². The summed E-state index contributed by atoms with van der Waals surface area (Å²) < 4.78 is 11.2. The van der Waals surface area contributed by atoms with Crippen LogP contribution >= 0.6 is 0 Å². The van der Waals surface area contributed by atoms with Crippen LogP contribution in [0.15, 0.2) is 36.9 Å². The summed E-state index contributed by atoms with van der Waals surface area (Å²) in [5.41, 5.74) is 0.350. The summed E-state index contributed by atoms with van der Waals surface area (Å²) in [5, 5.41) is 11.2. The van der Waals surface area contributed by atoms with Crippen LogP contribution in [0.4, 0.5) is 0 Å². The molecule has 1 aromatic carbocycles. The van der Waals surface area contributed by atoms with Crippen molar-refractivity contribution in [3.05, 3.63) is 42.5 Å². The lowest BCUT2D eigenvalue weighted by Crippen LogP contribution is -2.49. The van der Waals surface area contributed by atoms with Gasteiger partial charge in [0.1, 0.15) is 11.9 Å². The number of methoxy groups -OCH3 is 1. The van der Waals surface area contributed by atoms with Crippen LogP contribution in [0.5, 0.6) is 5.75 Å². The van der Waals surface area contributed by atoms with Gasteiger partial charge in [0, 0.05) is 11.3 Å². The molecule has 0 aliphatic heterocycles. The van der Waals surface area contributed by atoms with Crippen molar-refractivity contribution in [1.82, 2.24) is 0 Å². The molecule has 1 N–H and O–H groups in total. The van der Waals surface area contributed by atoms with E-state index in [0.717, 1.165) is 24.2 Å². The molecule has 2 saturated carbocycles. The molecule has 6 atom stereocenters. The molecule has 2 unspecified atom stereocenters. The van der Waals surface area contributed by atoms with Crippen molar-refractivity contribution < 1.29 is 19.4 Å². The highest BCUT2D eigenvalue weighted by atomic mass is 16.5. The number of allylic oxidation sites excluding steroid dienone is 1. The van der Waals surface area contributed by atoms with Crippen molar-refractivity contribution in [3.63, 3.8) is 0 Å². The first-order chi connectivity index (χ1) is 13.1. The molecular formula is C24H34O4. The van der Waals surface area contributed by atoms with E-state index in [4.69, 9.17) is 9.47 Å². The Hall–Kier alpha value is -1.81. The number of ether oxygens (including phenoxy) is 2. The SMILES string of the molecule is C=CC1C2CC[C@H](OC(=O)C(C)(C)C)[C@@]2(C)C[C@H](O)[C@@H]1c1ccc(OC)cc1. The second-order valence-corrected chi connectivity index (χ2v) is 9.72. The molecule has 3 rings (SSSR count). The molecule has 0 radical (unpaired) electrons. The average Bonchev–Trinajstić information content (AvgIpc) is 2.95. The van der Waals surface area contributed by atoms with Gasteiger partial charge in [-0.25, -0.2) is 0 Å². The molecule has 0 spiro atoms. The summed E-state index contributed by atoms with van der Waals surface area (Å²) in [5.74, 6) is 1.11. The van der Waals surface area contributed by atoms with Crippen LogP contribution in [-0.4, -0.2) is 30.4 Å². The van der Waals surface area contributed by atoms with E-state index in [9.17, 15) is 9.90 Å². The van der Waals surface area contributed by atoms with Crippen LogP contribution < -0.4 is 4.74 Å². The molecule has 28 heavy (non-hydrogen) atoms. The molecule has 0 saturated heterocycles. The first kappa shape index (κ1) is 20.9. The van der Waals surface area contributed by atoms with Gasteiger partial charge >= 0.3 is 5.97 Å². The zero-order valence-corrected chi connectivity index (χ0v) is 17.8. The van der Waals surface area contributed by atoms with Crippen molar-refractivity contribution in [2.24, 2.45) is 22.7 Å². The number of carbonyl (C=O) groups excluding carboxylic acids is 1. The molecule has 4 heteroatoms. The molecule has 2 aliphatic rings. The number of rotatable bonds is 4. The number of hydrogen-bond acceptors (Lipinski definition) is 4. The lowest BCUT2D eigenvalue weighted by atomic mass is 9.57. The van der Waals surface area contributed by atoms with Gasteiger partial charge in [0.25, 0.3) is 0 Å². The van der Waals surface area contributed by atoms with Crippen LogP contribution in [0.1, 0.15) is 58.4 Å². The van der Waals surface area contributed by atoms with Crippen LogP contribution in [0.25, 0.3) is 0 Å². The maximum Gasteiger partial charge on any atom is 0.311 e. The topological polar surface area (TPSA) is 55.8 Å². The number of hydrogen-bond donors (Lipinski definition) is 1. The number of carbonyl (C=O) groups is 1. The quantitative estimate of drug-likeness (QED) is 0.601. The van der Waals surface area contributed by atoms with E-state index in [0.29, 0.717) is 12.3 Å². The van der Waals surface area contributed by atoms with E-state index in [-0.39, 0.29) is 29.3 Å². The minimum absolute atomic E-state index is 0.00134. The fourth-order valence-corrected chi connectivity index (χ4v) is 5.31. The van der Waals surface area contributed by atoms with Gasteiger partial charge < -0.3 is 14.6 Å². The Morgan fingerprint density at radius 2 is 1.89 bits per heavy atom. The third-order valence-corrected chi connectivity index (χ3v) is 6.90. The number of aliphatic hydroxyl groups excluding tert-OH is 1. The fraction of sp³-hybridized carbons (Fsp3) is 0.625. The standard InChI is InChI=1S/C24H34O4/c1-7-17-18-12-13-20(28-22(26)23(2,3)4)24(18,5)14-19(25)21(17)15-8-10-16(27-6)11-9-15/h7-11,17-21,25H,1,12-14H2,2-6H3/t17?,18?,19-,20-,21+,24-/m0/s1. The summed E-state index contributed by atoms with van der Waals surface area (Å²) in [6.07, 6.45) is 3.78.